The first kappa shape index (κ1) is 9.77. The molecule has 0 aliphatic carbocycles. The third-order valence-corrected chi connectivity index (χ3v) is 2.61. The molecule has 0 fully saturated rings. The summed E-state index contributed by atoms with van der Waals surface area (Å²) in [5, 5.41) is 0. The molecule has 17 heavy (non-hydrogen) atoms. The van der Waals surface area contributed by atoms with Gasteiger partial charge in [0, 0.05) is 6.07 Å². The fourth-order valence-corrected chi connectivity index (χ4v) is 1.90. The smallest absolute Gasteiger partial charge is 0.333 e. The van der Waals surface area contributed by atoms with E-state index in [0.717, 1.165) is 0 Å². The van der Waals surface area contributed by atoms with Gasteiger partial charge in [0.2, 0.25) is 5.88 Å². The van der Waals surface area contributed by atoms with Crippen molar-refractivity contribution in [1.29, 1.82) is 0 Å². The molecular formula is C12H10N2O3. The number of hydrogen-bond donors (Lipinski definition) is 1. The number of fused-ring (bicyclic) bond motifs is 1. The number of aromatic nitrogens is 2. The van der Waals surface area contributed by atoms with E-state index in [-0.39, 0.29) is 5.69 Å². The Bertz CT molecular complexity index is 707. The van der Waals surface area contributed by atoms with Crippen molar-refractivity contribution in [1.82, 2.24) is 9.55 Å². The number of nitrogens with zero attached hydrogens (tertiary/aromatic N) is 1. The zero-order valence-corrected chi connectivity index (χ0v) is 9.14. The summed E-state index contributed by atoms with van der Waals surface area (Å²) in [7, 11) is 1.57. The van der Waals surface area contributed by atoms with E-state index in [1.54, 1.807) is 25.3 Å². The highest BCUT2D eigenvalue weighted by molar-refractivity contribution is 5.83. The molecule has 3 aromatic rings. The number of aromatic amines is 1. The summed E-state index contributed by atoms with van der Waals surface area (Å²) in [6, 6.07) is 8.90. The molecule has 0 atom stereocenters. The molecule has 1 N–H and O–H groups in total. The maximum absolute atomic E-state index is 11.9. The van der Waals surface area contributed by atoms with Crippen LogP contribution in [0.15, 0.2) is 45.8 Å². The van der Waals surface area contributed by atoms with Crippen LogP contribution in [0.5, 0.6) is 5.75 Å². The molecule has 0 saturated carbocycles. The van der Waals surface area contributed by atoms with Gasteiger partial charge >= 0.3 is 5.69 Å². The number of hydrogen-bond acceptors (Lipinski definition) is 3. The second kappa shape index (κ2) is 3.55. The maximum atomic E-state index is 11.9. The lowest BCUT2D eigenvalue weighted by Gasteiger charge is -2.04. The minimum absolute atomic E-state index is 0.251. The molecule has 0 amide bonds. The van der Waals surface area contributed by atoms with Crippen LogP contribution in [0.1, 0.15) is 0 Å². The van der Waals surface area contributed by atoms with Gasteiger partial charge in [0.15, 0.2) is 0 Å². The molecule has 5 nitrogen and oxygen atoms in total. The fraction of sp³-hybridized carbons (Fsp3) is 0.0833. The van der Waals surface area contributed by atoms with Crippen LogP contribution in [-0.2, 0) is 0 Å². The van der Waals surface area contributed by atoms with E-state index in [1.165, 1.54) is 10.8 Å². The highest BCUT2D eigenvalue weighted by atomic mass is 16.5. The van der Waals surface area contributed by atoms with Gasteiger partial charge in [-0.25, -0.2) is 9.36 Å². The normalized spacial score (nSPS) is 10.9. The highest BCUT2D eigenvalue weighted by Crippen LogP contribution is 2.25. The van der Waals surface area contributed by atoms with Gasteiger partial charge in [-0.15, -0.1) is 0 Å². The molecule has 0 aliphatic rings. The quantitative estimate of drug-likeness (QED) is 0.731. The van der Waals surface area contributed by atoms with E-state index in [0.29, 0.717) is 22.7 Å². The molecule has 0 saturated heterocycles. The Morgan fingerprint density at radius 1 is 1.29 bits per heavy atom. The fourth-order valence-electron chi connectivity index (χ4n) is 1.90. The largest absolute Gasteiger partial charge is 0.494 e. The van der Waals surface area contributed by atoms with Crippen molar-refractivity contribution in [3.63, 3.8) is 0 Å². The molecule has 5 heteroatoms. The number of H-pyrrole nitrogens is 1. The lowest BCUT2D eigenvalue weighted by atomic mass is 10.3. The van der Waals surface area contributed by atoms with Gasteiger partial charge < -0.3 is 14.1 Å². The van der Waals surface area contributed by atoms with Gasteiger partial charge in [0.05, 0.1) is 18.9 Å². The zero-order chi connectivity index (χ0) is 11.8. The van der Waals surface area contributed by atoms with Crippen LogP contribution in [-0.4, -0.2) is 16.7 Å². The van der Waals surface area contributed by atoms with Crippen molar-refractivity contribution in [2.45, 2.75) is 0 Å². The van der Waals surface area contributed by atoms with E-state index in [4.69, 9.17) is 9.15 Å². The van der Waals surface area contributed by atoms with Crippen molar-refractivity contribution in [3.05, 3.63) is 47.1 Å². The second-order valence-corrected chi connectivity index (χ2v) is 3.57. The van der Waals surface area contributed by atoms with Crippen molar-refractivity contribution in [2.24, 2.45) is 0 Å². The highest BCUT2D eigenvalue weighted by Gasteiger charge is 2.14. The topological polar surface area (TPSA) is 60.2 Å². The molecule has 0 radical (unpaired) electrons. The van der Waals surface area contributed by atoms with Crippen molar-refractivity contribution in [2.75, 3.05) is 7.11 Å². The van der Waals surface area contributed by atoms with Crippen LogP contribution in [0, 0.1) is 0 Å². The summed E-state index contributed by atoms with van der Waals surface area (Å²) in [5.41, 5.74) is 1.14. The third-order valence-electron chi connectivity index (χ3n) is 2.61. The SMILES string of the molecule is COc1cccc2[nH]c(=O)n(-c3ccco3)c12. The molecular weight excluding hydrogens is 220 g/mol. The number of rotatable bonds is 2. The lowest BCUT2D eigenvalue weighted by Crippen LogP contribution is -2.14. The Balaban J connectivity index is 2.45. The molecule has 2 heterocycles. The van der Waals surface area contributed by atoms with Gasteiger partial charge in [-0.1, -0.05) is 6.07 Å². The number of para-hydroxylation sites is 1. The standard InChI is InChI=1S/C12H10N2O3/c1-16-9-5-2-4-8-11(9)14(12(15)13-8)10-6-3-7-17-10/h2-7H,1H3,(H,13,15). The number of methoxy groups -OCH3 is 1. The third kappa shape index (κ3) is 1.36. The van der Waals surface area contributed by atoms with Gasteiger partial charge in [-0.05, 0) is 18.2 Å². The molecule has 1 aromatic carbocycles. The Hall–Kier alpha value is -2.43. The van der Waals surface area contributed by atoms with Crippen LogP contribution in [0.4, 0.5) is 0 Å². The summed E-state index contributed by atoms with van der Waals surface area (Å²) < 4.78 is 12.0. The van der Waals surface area contributed by atoms with E-state index < -0.39 is 0 Å². The number of benzene rings is 1. The van der Waals surface area contributed by atoms with Gasteiger partial charge in [-0.2, -0.15) is 0 Å². The second-order valence-electron chi connectivity index (χ2n) is 3.57. The Morgan fingerprint density at radius 3 is 2.88 bits per heavy atom. The predicted molar refractivity (Wildman–Crippen MR) is 62.7 cm³/mol. The zero-order valence-electron chi connectivity index (χ0n) is 9.14. The summed E-state index contributed by atoms with van der Waals surface area (Å²) in [6.07, 6.45) is 1.52. The number of ether oxygens (including phenoxy) is 1. The molecule has 0 aliphatic heterocycles. The first-order chi connectivity index (χ1) is 8.31. The number of nitrogens with one attached hydrogen (secondary N) is 1. The van der Waals surface area contributed by atoms with Crippen LogP contribution >= 0.6 is 0 Å². The Kier molecular flexibility index (Phi) is 2.04. The van der Waals surface area contributed by atoms with Gasteiger partial charge in [0.1, 0.15) is 11.3 Å². The number of imidazole rings is 1. The molecule has 0 unspecified atom stereocenters. The first-order valence-electron chi connectivity index (χ1n) is 5.13. The molecule has 3 rings (SSSR count). The van der Waals surface area contributed by atoms with Crippen LogP contribution in [0.25, 0.3) is 16.9 Å². The summed E-state index contributed by atoms with van der Waals surface area (Å²) >= 11 is 0. The predicted octanol–water partition coefficient (Wildman–Crippen LogP) is 1.92. The van der Waals surface area contributed by atoms with Crippen LogP contribution in [0.3, 0.4) is 0 Å². The van der Waals surface area contributed by atoms with E-state index in [2.05, 4.69) is 4.98 Å². The summed E-state index contributed by atoms with van der Waals surface area (Å²) in [6.45, 7) is 0. The monoisotopic (exact) mass is 230 g/mol. The number of furan rings is 1. The van der Waals surface area contributed by atoms with Crippen LogP contribution < -0.4 is 10.4 Å². The maximum Gasteiger partial charge on any atom is 0.333 e. The van der Waals surface area contributed by atoms with E-state index >= 15 is 0 Å². The van der Waals surface area contributed by atoms with Crippen molar-refractivity contribution >= 4 is 11.0 Å². The van der Waals surface area contributed by atoms with Crippen molar-refractivity contribution in [3.8, 4) is 11.6 Å². The lowest BCUT2D eigenvalue weighted by molar-refractivity contribution is 0.417. The van der Waals surface area contributed by atoms with Gasteiger partial charge in [0.25, 0.3) is 0 Å². The van der Waals surface area contributed by atoms with E-state index in [1.807, 2.05) is 12.1 Å². The minimum atomic E-state index is -0.251. The average Bonchev–Trinajstić information content (AvgIpc) is 2.93. The summed E-state index contributed by atoms with van der Waals surface area (Å²) in [5.74, 6) is 1.09. The summed E-state index contributed by atoms with van der Waals surface area (Å²) in [4.78, 5) is 14.7. The molecule has 0 spiro atoms. The van der Waals surface area contributed by atoms with E-state index in [9.17, 15) is 4.79 Å². The molecule has 86 valence electrons. The molecule has 2 aromatic heterocycles. The van der Waals surface area contributed by atoms with Crippen LogP contribution in [0.2, 0.25) is 0 Å². The molecule has 0 bridgehead atoms. The average molecular weight is 230 g/mol. The van der Waals surface area contributed by atoms with Crippen molar-refractivity contribution < 1.29 is 9.15 Å². The van der Waals surface area contributed by atoms with Gasteiger partial charge in [-0.3, -0.25) is 0 Å². The Morgan fingerprint density at radius 2 is 2.18 bits per heavy atom. The minimum Gasteiger partial charge on any atom is -0.494 e. The Labute approximate surface area is 96.2 Å². The first-order valence-corrected chi connectivity index (χ1v) is 5.13.